The maximum Gasteiger partial charge on any atom is 0.260 e. The lowest BCUT2D eigenvalue weighted by Gasteiger charge is -1.96. The quantitative estimate of drug-likeness (QED) is 0.377. The van der Waals surface area contributed by atoms with Gasteiger partial charge >= 0.3 is 0 Å². The average Bonchev–Trinajstić information content (AvgIpc) is 3.32. The van der Waals surface area contributed by atoms with Gasteiger partial charge in [-0.15, -0.1) is 0 Å². The van der Waals surface area contributed by atoms with Gasteiger partial charge in [-0.25, -0.2) is 4.98 Å². The van der Waals surface area contributed by atoms with Crippen molar-refractivity contribution >= 4 is 49.5 Å². The number of benzene rings is 1. The number of pyridine rings is 1. The molecule has 134 valence electrons. The van der Waals surface area contributed by atoms with E-state index < -0.39 is 0 Å². The lowest BCUT2D eigenvalue weighted by molar-refractivity contribution is 0.432. The van der Waals surface area contributed by atoms with Crippen LogP contribution in [0.5, 0.6) is 0 Å². The van der Waals surface area contributed by atoms with Gasteiger partial charge in [0.15, 0.2) is 0 Å². The van der Waals surface area contributed by atoms with Gasteiger partial charge in [0.25, 0.3) is 5.89 Å². The third kappa shape index (κ3) is 2.57. The van der Waals surface area contributed by atoms with Crippen molar-refractivity contribution in [1.82, 2.24) is 24.3 Å². The summed E-state index contributed by atoms with van der Waals surface area (Å²) in [4.78, 5) is 9.03. The van der Waals surface area contributed by atoms with Gasteiger partial charge < -0.3 is 13.7 Å². The van der Waals surface area contributed by atoms with Crippen molar-refractivity contribution in [2.75, 3.05) is 0 Å². The maximum atomic E-state index is 6.13. The molecule has 0 spiro atoms. The smallest absolute Gasteiger partial charge is 0.260 e. The van der Waals surface area contributed by atoms with Gasteiger partial charge in [-0.05, 0) is 24.3 Å². The zero-order valence-corrected chi connectivity index (χ0v) is 16.8. The molecule has 0 saturated carbocycles. The Morgan fingerprint density at radius 1 is 1.04 bits per heavy atom. The molecular weight excluding hydrogens is 430 g/mol. The number of aryl methyl sites for hydroxylation is 2. The molecule has 0 amide bonds. The molecule has 0 atom stereocenters. The second-order valence-corrected chi connectivity index (χ2v) is 7.77. The molecule has 0 N–H and O–H groups in total. The molecule has 0 aliphatic heterocycles. The fraction of sp³-hybridized carbons (Fsp3) is 0.105. The van der Waals surface area contributed by atoms with E-state index in [0.717, 1.165) is 37.5 Å². The monoisotopic (exact) mass is 441 g/mol. The SMILES string of the molecule is Cn1cc(-c2nc(-c3cn(C)c4ncc(Cl)cc34)no2)c2cc(Br)ccc21. The number of fused-ring (bicyclic) bond motifs is 2. The number of hydrogen-bond acceptors (Lipinski definition) is 4. The fourth-order valence-corrected chi connectivity index (χ4v) is 3.91. The van der Waals surface area contributed by atoms with Crippen molar-refractivity contribution < 1.29 is 4.52 Å². The largest absolute Gasteiger partial charge is 0.350 e. The number of rotatable bonds is 2. The first kappa shape index (κ1) is 16.5. The molecule has 5 aromatic rings. The minimum absolute atomic E-state index is 0.473. The zero-order valence-electron chi connectivity index (χ0n) is 14.4. The predicted molar refractivity (Wildman–Crippen MR) is 109 cm³/mol. The van der Waals surface area contributed by atoms with Crippen molar-refractivity contribution in [2.45, 2.75) is 0 Å². The first-order valence-electron chi connectivity index (χ1n) is 8.21. The molecule has 5 rings (SSSR count). The van der Waals surface area contributed by atoms with Crippen molar-refractivity contribution in [2.24, 2.45) is 14.1 Å². The Morgan fingerprint density at radius 2 is 1.85 bits per heavy atom. The number of hydrogen-bond donors (Lipinski definition) is 0. The van der Waals surface area contributed by atoms with Gasteiger partial charge in [0.05, 0.1) is 16.1 Å². The van der Waals surface area contributed by atoms with Crippen molar-refractivity contribution in [3.05, 3.63) is 52.4 Å². The van der Waals surface area contributed by atoms with Gasteiger partial charge in [0, 0.05) is 53.4 Å². The second kappa shape index (κ2) is 5.94. The molecule has 4 aromatic heterocycles. The van der Waals surface area contributed by atoms with E-state index in [9.17, 15) is 0 Å². The minimum Gasteiger partial charge on any atom is -0.350 e. The molecule has 0 unspecified atom stereocenters. The first-order chi connectivity index (χ1) is 13.0. The van der Waals surface area contributed by atoms with Crippen LogP contribution >= 0.6 is 27.5 Å². The number of nitrogens with zero attached hydrogens (tertiary/aromatic N) is 5. The summed E-state index contributed by atoms with van der Waals surface area (Å²) in [5.74, 6) is 0.979. The van der Waals surface area contributed by atoms with E-state index >= 15 is 0 Å². The fourth-order valence-electron chi connectivity index (χ4n) is 3.39. The van der Waals surface area contributed by atoms with Gasteiger partial charge in [0.2, 0.25) is 5.82 Å². The lowest BCUT2D eigenvalue weighted by Crippen LogP contribution is -1.86. The molecule has 0 fully saturated rings. The normalized spacial score (nSPS) is 11.7. The van der Waals surface area contributed by atoms with Crippen LogP contribution in [0.25, 0.3) is 44.8 Å². The van der Waals surface area contributed by atoms with E-state index in [1.54, 1.807) is 6.20 Å². The Hall–Kier alpha value is -2.64. The zero-order chi connectivity index (χ0) is 18.7. The van der Waals surface area contributed by atoms with Crippen molar-refractivity contribution in [3.8, 4) is 22.8 Å². The van der Waals surface area contributed by atoms with Crippen LogP contribution in [0.15, 0.2) is 51.9 Å². The molecule has 1 aromatic carbocycles. The summed E-state index contributed by atoms with van der Waals surface area (Å²) < 4.78 is 10.6. The third-order valence-corrected chi connectivity index (χ3v) is 5.33. The summed E-state index contributed by atoms with van der Waals surface area (Å²) >= 11 is 9.66. The van der Waals surface area contributed by atoms with Gasteiger partial charge in [-0.2, -0.15) is 4.98 Å². The number of aromatic nitrogens is 5. The first-order valence-corrected chi connectivity index (χ1v) is 9.38. The van der Waals surface area contributed by atoms with Gasteiger partial charge in [-0.3, -0.25) is 0 Å². The molecule has 0 saturated heterocycles. The minimum atomic E-state index is 0.473. The van der Waals surface area contributed by atoms with Crippen LogP contribution in [0.1, 0.15) is 0 Å². The molecule has 0 aliphatic carbocycles. The van der Waals surface area contributed by atoms with Crippen LogP contribution in [0.4, 0.5) is 0 Å². The number of halogens is 2. The molecule has 0 aliphatic rings. The molecule has 0 bridgehead atoms. The summed E-state index contributed by atoms with van der Waals surface area (Å²) in [7, 11) is 3.92. The van der Waals surface area contributed by atoms with Crippen molar-refractivity contribution in [1.29, 1.82) is 0 Å². The Bertz CT molecular complexity index is 1230. The molecule has 6 nitrogen and oxygen atoms in total. The highest BCUT2D eigenvalue weighted by Crippen LogP contribution is 2.34. The highest BCUT2D eigenvalue weighted by molar-refractivity contribution is 9.10. The molecule has 4 heterocycles. The Kier molecular flexibility index (Phi) is 3.63. The van der Waals surface area contributed by atoms with E-state index in [-0.39, 0.29) is 0 Å². The third-order valence-electron chi connectivity index (χ3n) is 4.63. The van der Waals surface area contributed by atoms with E-state index in [0.29, 0.717) is 16.7 Å². The van der Waals surface area contributed by atoms with E-state index in [1.807, 2.05) is 47.8 Å². The predicted octanol–water partition coefficient (Wildman–Crippen LogP) is 5.20. The van der Waals surface area contributed by atoms with Crippen LogP contribution in [0.2, 0.25) is 5.02 Å². The van der Waals surface area contributed by atoms with Crippen molar-refractivity contribution in [3.63, 3.8) is 0 Å². The highest BCUT2D eigenvalue weighted by Gasteiger charge is 2.19. The van der Waals surface area contributed by atoms with Crippen LogP contribution in [0, 0.1) is 0 Å². The molecule has 0 radical (unpaired) electrons. The Balaban J connectivity index is 1.68. The summed E-state index contributed by atoms with van der Waals surface area (Å²) in [5, 5.41) is 6.70. The highest BCUT2D eigenvalue weighted by atomic mass is 79.9. The maximum absolute atomic E-state index is 6.13. The van der Waals surface area contributed by atoms with E-state index in [1.165, 1.54) is 0 Å². The summed E-state index contributed by atoms with van der Waals surface area (Å²) in [5.41, 5.74) is 3.63. The van der Waals surface area contributed by atoms with Crippen LogP contribution in [-0.2, 0) is 14.1 Å². The lowest BCUT2D eigenvalue weighted by atomic mass is 10.2. The standard InChI is InChI=1S/C19H13BrClN5O/c1-25-9-15(12-5-10(20)3-4-16(12)25)19-23-17(24-27-19)14-8-26(2)18-13(14)6-11(21)7-22-18/h3-9H,1-2H3. The topological polar surface area (TPSA) is 61.7 Å². The van der Waals surface area contributed by atoms with Gasteiger partial charge in [0.1, 0.15) is 5.65 Å². The molecular formula is C19H13BrClN5O. The second-order valence-electron chi connectivity index (χ2n) is 6.42. The summed E-state index contributed by atoms with van der Waals surface area (Å²) in [6, 6.07) is 7.98. The van der Waals surface area contributed by atoms with Crippen LogP contribution < -0.4 is 0 Å². The summed E-state index contributed by atoms with van der Waals surface area (Å²) in [6.45, 7) is 0. The Labute approximate surface area is 167 Å². The van der Waals surface area contributed by atoms with E-state index in [2.05, 4.69) is 43.2 Å². The van der Waals surface area contributed by atoms with Gasteiger partial charge in [-0.1, -0.05) is 32.7 Å². The van der Waals surface area contributed by atoms with E-state index in [4.69, 9.17) is 16.1 Å². The average molecular weight is 443 g/mol. The molecule has 8 heteroatoms. The Morgan fingerprint density at radius 3 is 2.70 bits per heavy atom. The summed E-state index contributed by atoms with van der Waals surface area (Å²) in [6.07, 6.45) is 5.56. The van der Waals surface area contributed by atoms with Crippen LogP contribution in [-0.4, -0.2) is 24.3 Å². The van der Waals surface area contributed by atoms with Crippen LogP contribution in [0.3, 0.4) is 0 Å². The molecule has 27 heavy (non-hydrogen) atoms.